The molecule has 0 saturated heterocycles. The highest BCUT2D eigenvalue weighted by Gasteiger charge is 2.15. The Morgan fingerprint density at radius 3 is 0.893 bits per heavy atom. The first-order chi connectivity index (χ1) is 37.2. The Labute approximate surface area is 463 Å². The predicted octanol–water partition coefficient (Wildman–Crippen LogP) is 20.8. The average molecular weight is 1050 g/mol. The van der Waals surface area contributed by atoms with Crippen LogP contribution in [0, 0.1) is 0 Å². The van der Waals surface area contributed by atoms with E-state index in [1.54, 1.807) is 0 Å². The third kappa shape index (κ3) is 45.2. The van der Waals surface area contributed by atoms with Gasteiger partial charge < -0.3 is 33.2 Å². The molecule has 0 aliphatic heterocycles. The van der Waals surface area contributed by atoms with Crippen molar-refractivity contribution >= 4 is 0 Å². The summed E-state index contributed by atoms with van der Waals surface area (Å²) in [5.74, 6) is 0. The molecule has 2 atom stereocenters. The first-order valence-corrected chi connectivity index (χ1v) is 31.9. The lowest BCUT2D eigenvalue weighted by Gasteiger charge is -2.22. The second-order valence-electron chi connectivity index (χ2n) is 21.4. The van der Waals surface area contributed by atoms with Crippen molar-refractivity contribution in [1.82, 2.24) is 0 Å². The molecular formula is C68H118O7. The molecule has 432 valence electrons. The second kappa shape index (κ2) is 55.0. The van der Waals surface area contributed by atoms with Crippen LogP contribution in [-0.4, -0.2) is 51.6 Å². The monoisotopic (exact) mass is 1050 g/mol. The Balaban J connectivity index is 1.72. The number of hydrogen-bond donors (Lipinski definition) is 0. The first kappa shape index (κ1) is 68.7. The Morgan fingerprint density at radius 1 is 0.307 bits per heavy atom. The van der Waals surface area contributed by atoms with Gasteiger partial charge in [0.25, 0.3) is 0 Å². The van der Waals surface area contributed by atoms with E-state index in [1.165, 1.54) is 193 Å². The summed E-state index contributed by atoms with van der Waals surface area (Å²) >= 11 is 0. The molecule has 0 amide bonds. The molecule has 75 heavy (non-hydrogen) atoms. The molecule has 7 heteroatoms. The SMILES string of the molecule is CCCCCCOC(CCCCCCCCCCCC=CC(OCc1ccccc1)OC(C=CCCCCCCCCCCCC(OCCCCCC)OCCCCCC)OCc1ccccc1)OCCCCCC. The largest absolute Gasteiger partial charge is 0.353 e. The summed E-state index contributed by atoms with van der Waals surface area (Å²) in [6.07, 6.45) is 54.6. The summed E-state index contributed by atoms with van der Waals surface area (Å²) in [5.41, 5.74) is 2.26. The summed E-state index contributed by atoms with van der Waals surface area (Å²) in [5, 5.41) is 0. The van der Waals surface area contributed by atoms with E-state index in [-0.39, 0.29) is 12.6 Å². The third-order valence-corrected chi connectivity index (χ3v) is 14.2. The zero-order valence-corrected chi connectivity index (χ0v) is 49.4. The Kier molecular flexibility index (Phi) is 50.4. The zero-order valence-electron chi connectivity index (χ0n) is 49.4. The van der Waals surface area contributed by atoms with Crippen LogP contribution in [0.15, 0.2) is 85.0 Å². The third-order valence-electron chi connectivity index (χ3n) is 14.2. The fraction of sp³-hybridized carbons (Fsp3) is 0.765. The Hall–Kier alpha value is -2.36. The van der Waals surface area contributed by atoms with Crippen LogP contribution in [0.3, 0.4) is 0 Å². The van der Waals surface area contributed by atoms with Gasteiger partial charge in [0.15, 0.2) is 25.2 Å². The zero-order chi connectivity index (χ0) is 53.4. The van der Waals surface area contributed by atoms with E-state index in [1.807, 2.05) is 12.1 Å². The maximum atomic E-state index is 6.59. The number of benzene rings is 2. The molecule has 0 bridgehead atoms. The molecule has 0 aliphatic carbocycles. The highest BCUT2D eigenvalue weighted by molar-refractivity contribution is 5.14. The Bertz CT molecular complexity index is 1330. The molecule has 2 aromatic carbocycles. The molecule has 0 spiro atoms. The van der Waals surface area contributed by atoms with Gasteiger partial charge in [-0.1, -0.05) is 267 Å². The van der Waals surface area contributed by atoms with Gasteiger partial charge >= 0.3 is 0 Å². The first-order valence-electron chi connectivity index (χ1n) is 31.9. The van der Waals surface area contributed by atoms with E-state index in [0.717, 1.165) is 88.9 Å². The van der Waals surface area contributed by atoms with Crippen LogP contribution < -0.4 is 0 Å². The highest BCUT2D eigenvalue weighted by Crippen LogP contribution is 2.19. The number of ether oxygens (including phenoxy) is 7. The molecule has 2 rings (SSSR count). The van der Waals surface area contributed by atoms with Crippen molar-refractivity contribution < 1.29 is 33.2 Å². The van der Waals surface area contributed by atoms with Crippen molar-refractivity contribution in [3.8, 4) is 0 Å². The van der Waals surface area contributed by atoms with Gasteiger partial charge in [0, 0.05) is 26.4 Å². The topological polar surface area (TPSA) is 64.6 Å². The van der Waals surface area contributed by atoms with E-state index in [2.05, 4.69) is 101 Å². The van der Waals surface area contributed by atoms with Crippen molar-refractivity contribution in [2.24, 2.45) is 0 Å². The summed E-state index contributed by atoms with van der Waals surface area (Å²) in [6, 6.07) is 20.7. The lowest BCUT2D eigenvalue weighted by molar-refractivity contribution is -0.215. The Morgan fingerprint density at radius 2 is 0.587 bits per heavy atom. The summed E-state index contributed by atoms with van der Waals surface area (Å²) in [4.78, 5) is 0. The fourth-order valence-electron chi connectivity index (χ4n) is 9.36. The van der Waals surface area contributed by atoms with Crippen molar-refractivity contribution in [2.45, 2.75) is 310 Å². The minimum absolute atomic E-state index is 0.0152. The number of hydrogen-bond acceptors (Lipinski definition) is 7. The van der Waals surface area contributed by atoms with Crippen LogP contribution in [0.1, 0.15) is 283 Å². The molecule has 2 unspecified atom stereocenters. The molecule has 0 fully saturated rings. The van der Waals surface area contributed by atoms with Gasteiger partial charge in [0.2, 0.25) is 0 Å². The highest BCUT2D eigenvalue weighted by atomic mass is 16.8. The molecule has 0 aliphatic rings. The smallest absolute Gasteiger partial charge is 0.180 e. The fourth-order valence-corrected chi connectivity index (χ4v) is 9.36. The van der Waals surface area contributed by atoms with Crippen LogP contribution in [0.4, 0.5) is 0 Å². The van der Waals surface area contributed by atoms with Gasteiger partial charge in [0.1, 0.15) is 0 Å². The van der Waals surface area contributed by atoms with Crippen LogP contribution in [0.2, 0.25) is 0 Å². The molecule has 0 N–H and O–H groups in total. The van der Waals surface area contributed by atoms with Crippen LogP contribution >= 0.6 is 0 Å². The van der Waals surface area contributed by atoms with E-state index < -0.39 is 12.6 Å². The normalized spacial score (nSPS) is 12.9. The van der Waals surface area contributed by atoms with Crippen LogP contribution in [0.25, 0.3) is 0 Å². The standard InChI is InChI=1S/C68H118O7/c1-5-9-13-45-57-69-65(70-58-46-14-10-6-2)53-41-31-27-23-19-17-21-25-29-33-43-55-67(73-61-63-49-37-35-38-50-63)75-68(74-62-64-51-39-36-40-52-64)56-44-34-30-26-22-18-20-24-28-32-42-54-66(71-59-47-15-11-7-3)72-60-48-16-12-8-4/h35-40,43-44,49-52,55-56,65-68H,5-34,41-42,45-48,53-54,57-62H2,1-4H3. The van der Waals surface area contributed by atoms with Gasteiger partial charge in [-0.05, 0) is 100 Å². The predicted molar refractivity (Wildman–Crippen MR) is 319 cm³/mol. The molecule has 0 heterocycles. The molecule has 2 aromatic rings. The van der Waals surface area contributed by atoms with Crippen molar-refractivity contribution in [1.29, 1.82) is 0 Å². The van der Waals surface area contributed by atoms with Gasteiger partial charge in [-0.2, -0.15) is 0 Å². The maximum Gasteiger partial charge on any atom is 0.180 e. The van der Waals surface area contributed by atoms with Gasteiger partial charge in [-0.3, -0.25) is 0 Å². The van der Waals surface area contributed by atoms with E-state index in [0.29, 0.717) is 13.2 Å². The molecule has 0 radical (unpaired) electrons. The molecular weight excluding hydrogens is 929 g/mol. The van der Waals surface area contributed by atoms with Crippen LogP contribution in [0.5, 0.6) is 0 Å². The quantitative estimate of drug-likeness (QED) is 0.0371. The number of unbranched alkanes of at least 4 members (excludes halogenated alkanes) is 30. The summed E-state index contributed by atoms with van der Waals surface area (Å²) in [7, 11) is 0. The summed E-state index contributed by atoms with van der Waals surface area (Å²) in [6.45, 7) is 13.4. The van der Waals surface area contributed by atoms with Gasteiger partial charge in [0.05, 0.1) is 13.2 Å². The average Bonchev–Trinajstić information content (AvgIpc) is 3.43. The van der Waals surface area contributed by atoms with E-state index in [4.69, 9.17) is 33.2 Å². The second-order valence-corrected chi connectivity index (χ2v) is 21.4. The molecule has 0 aromatic heterocycles. The minimum Gasteiger partial charge on any atom is -0.353 e. The maximum absolute atomic E-state index is 6.59. The van der Waals surface area contributed by atoms with Crippen molar-refractivity contribution in [3.05, 3.63) is 96.1 Å². The van der Waals surface area contributed by atoms with Crippen molar-refractivity contribution in [3.63, 3.8) is 0 Å². The number of allylic oxidation sites excluding steroid dienone is 2. The molecule has 0 saturated carbocycles. The number of rotatable bonds is 58. The minimum atomic E-state index is -0.510. The lowest BCUT2D eigenvalue weighted by atomic mass is 10.1. The van der Waals surface area contributed by atoms with Gasteiger partial charge in [-0.15, -0.1) is 0 Å². The van der Waals surface area contributed by atoms with Crippen LogP contribution in [-0.2, 0) is 46.4 Å². The molecule has 7 nitrogen and oxygen atoms in total. The van der Waals surface area contributed by atoms with Crippen molar-refractivity contribution in [2.75, 3.05) is 26.4 Å². The van der Waals surface area contributed by atoms with E-state index >= 15 is 0 Å². The lowest BCUT2D eigenvalue weighted by Crippen LogP contribution is -2.24. The van der Waals surface area contributed by atoms with Gasteiger partial charge in [-0.25, -0.2) is 0 Å². The summed E-state index contributed by atoms with van der Waals surface area (Å²) < 4.78 is 44.2. The van der Waals surface area contributed by atoms with E-state index in [9.17, 15) is 0 Å².